The van der Waals surface area contributed by atoms with E-state index < -0.39 is 17.4 Å². The van der Waals surface area contributed by atoms with Gasteiger partial charge in [-0.3, -0.25) is 9.59 Å². The maximum atomic E-state index is 12.4. The number of carbonyl (C=O) groups is 2. The van der Waals surface area contributed by atoms with E-state index in [4.69, 9.17) is 0 Å². The zero-order valence-corrected chi connectivity index (χ0v) is 13.1. The van der Waals surface area contributed by atoms with Gasteiger partial charge in [-0.05, 0) is 18.9 Å². The summed E-state index contributed by atoms with van der Waals surface area (Å²) in [5, 5.41) is 0. The number of rotatable bonds is 3. The molecule has 1 saturated carbocycles. The Morgan fingerprint density at radius 1 is 1.09 bits per heavy atom. The summed E-state index contributed by atoms with van der Waals surface area (Å²) >= 11 is 0. The van der Waals surface area contributed by atoms with E-state index in [1.165, 1.54) is 9.80 Å². The zero-order valence-electron chi connectivity index (χ0n) is 13.1. The van der Waals surface area contributed by atoms with Gasteiger partial charge in [-0.15, -0.1) is 0 Å². The van der Waals surface area contributed by atoms with Crippen LogP contribution in [0.25, 0.3) is 0 Å². The molecular formula is C17H19N3O3. The van der Waals surface area contributed by atoms with Crippen molar-refractivity contribution < 1.29 is 14.4 Å². The first-order chi connectivity index (χ1) is 11.1. The third-order valence-electron chi connectivity index (χ3n) is 4.82. The number of hydrogen-bond donors (Lipinski definition) is 0. The molecule has 0 atom stereocenters. The molecule has 1 aromatic rings. The van der Waals surface area contributed by atoms with Crippen molar-refractivity contribution in [3.05, 3.63) is 29.8 Å². The molecule has 1 aliphatic carbocycles. The van der Waals surface area contributed by atoms with Crippen molar-refractivity contribution in [3.8, 4) is 0 Å². The second-order valence-corrected chi connectivity index (χ2v) is 6.14. The fourth-order valence-corrected chi connectivity index (χ4v) is 3.55. The smallest absolute Gasteiger partial charge is 0.316 e. The van der Waals surface area contributed by atoms with Crippen LogP contribution in [-0.2, 0) is 19.9 Å². The number of aliphatic imine (C=N–C) groups is 1. The number of amides is 2. The molecule has 3 rings (SSSR count). The molecule has 6 heteroatoms. The average molecular weight is 313 g/mol. The maximum absolute atomic E-state index is 12.4. The average Bonchev–Trinajstić information content (AvgIpc) is 3.03. The highest BCUT2D eigenvalue weighted by atomic mass is 16.2. The Hall–Kier alpha value is -2.46. The summed E-state index contributed by atoms with van der Waals surface area (Å²) in [7, 11) is 1.62. The predicted molar refractivity (Wildman–Crippen MR) is 84.7 cm³/mol. The maximum Gasteiger partial charge on any atom is 0.316 e. The van der Waals surface area contributed by atoms with Crippen LogP contribution in [0.2, 0.25) is 0 Å². The third-order valence-corrected chi connectivity index (χ3v) is 4.82. The molecular weight excluding hydrogens is 294 g/mol. The summed E-state index contributed by atoms with van der Waals surface area (Å²) in [6.45, 7) is 0.932. The lowest BCUT2D eigenvalue weighted by Crippen LogP contribution is -2.53. The lowest BCUT2D eigenvalue weighted by molar-refractivity contribution is -0.145. The minimum Gasteiger partial charge on any atom is -0.336 e. The molecule has 0 N–H and O–H groups in total. The molecule has 23 heavy (non-hydrogen) atoms. The summed E-state index contributed by atoms with van der Waals surface area (Å²) in [6, 6.07) is 7.44. The third kappa shape index (κ3) is 2.55. The number of piperazine rings is 1. The molecule has 2 fully saturated rings. The number of isocyanates is 1. The van der Waals surface area contributed by atoms with E-state index in [0.717, 1.165) is 31.2 Å². The van der Waals surface area contributed by atoms with E-state index in [1.807, 2.05) is 24.3 Å². The molecule has 6 nitrogen and oxygen atoms in total. The Labute approximate surface area is 134 Å². The highest BCUT2D eigenvalue weighted by Gasteiger charge is 2.40. The molecule has 0 bridgehead atoms. The van der Waals surface area contributed by atoms with E-state index in [0.29, 0.717) is 18.8 Å². The van der Waals surface area contributed by atoms with E-state index in [-0.39, 0.29) is 0 Å². The number of likely N-dealkylation sites (N-methyl/N-ethyl adjacent to an activating group) is 1. The number of anilines is 1. The van der Waals surface area contributed by atoms with E-state index >= 15 is 0 Å². The number of para-hydroxylation sites is 1. The first-order valence-electron chi connectivity index (χ1n) is 7.84. The molecule has 0 aromatic heterocycles. The zero-order chi connectivity index (χ0) is 16.4. The second kappa shape index (κ2) is 5.97. The van der Waals surface area contributed by atoms with Crippen LogP contribution in [-0.4, -0.2) is 42.9 Å². The van der Waals surface area contributed by atoms with E-state index in [2.05, 4.69) is 4.99 Å². The van der Waals surface area contributed by atoms with Crippen LogP contribution < -0.4 is 4.90 Å². The monoisotopic (exact) mass is 313 g/mol. The summed E-state index contributed by atoms with van der Waals surface area (Å²) in [6.07, 6.45) is 5.18. The summed E-state index contributed by atoms with van der Waals surface area (Å²) in [5.41, 5.74) is 0.900. The van der Waals surface area contributed by atoms with Crippen molar-refractivity contribution in [1.82, 2.24) is 4.90 Å². The summed E-state index contributed by atoms with van der Waals surface area (Å²) < 4.78 is 0. The number of benzene rings is 1. The lowest BCUT2D eigenvalue weighted by atomic mass is 9.87. The van der Waals surface area contributed by atoms with Crippen LogP contribution in [0.5, 0.6) is 0 Å². The van der Waals surface area contributed by atoms with Crippen LogP contribution in [0.1, 0.15) is 31.2 Å². The minimum atomic E-state index is -0.620. The number of carbonyl (C=O) groups excluding carboxylic acids is 3. The largest absolute Gasteiger partial charge is 0.336 e. The Morgan fingerprint density at radius 2 is 1.78 bits per heavy atom. The van der Waals surface area contributed by atoms with Crippen molar-refractivity contribution in [2.45, 2.75) is 31.2 Å². The molecule has 0 unspecified atom stereocenters. The van der Waals surface area contributed by atoms with Gasteiger partial charge in [-0.25, -0.2) is 4.79 Å². The first-order valence-corrected chi connectivity index (χ1v) is 7.84. The quantitative estimate of drug-likeness (QED) is 0.483. The SMILES string of the molecule is CN1CCN(c2ccccc2C2(N=C=O)CCCC2)C(=O)C1=O. The molecule has 2 amide bonds. The normalized spacial score (nSPS) is 20.6. The van der Waals surface area contributed by atoms with Gasteiger partial charge < -0.3 is 9.80 Å². The molecule has 1 aliphatic heterocycles. The van der Waals surface area contributed by atoms with E-state index in [1.54, 1.807) is 13.1 Å². The highest BCUT2D eigenvalue weighted by molar-refractivity contribution is 6.41. The van der Waals surface area contributed by atoms with Crippen molar-refractivity contribution in [1.29, 1.82) is 0 Å². The molecule has 1 heterocycles. The fourth-order valence-electron chi connectivity index (χ4n) is 3.55. The van der Waals surface area contributed by atoms with Crippen molar-refractivity contribution in [2.24, 2.45) is 4.99 Å². The van der Waals surface area contributed by atoms with E-state index in [9.17, 15) is 14.4 Å². The second-order valence-electron chi connectivity index (χ2n) is 6.14. The van der Waals surface area contributed by atoms with Gasteiger partial charge in [-0.2, -0.15) is 4.99 Å². The molecule has 0 radical (unpaired) electrons. The standard InChI is InChI=1S/C17H19N3O3/c1-19-10-11-20(16(23)15(19)22)14-7-3-2-6-13(14)17(18-12-21)8-4-5-9-17/h2-3,6-7H,4-5,8-11H2,1H3. The van der Waals surface area contributed by atoms with Gasteiger partial charge in [0.25, 0.3) is 0 Å². The van der Waals surface area contributed by atoms with Gasteiger partial charge in [0.05, 0.1) is 0 Å². The Morgan fingerprint density at radius 3 is 2.48 bits per heavy atom. The van der Waals surface area contributed by atoms with Crippen LogP contribution in [0, 0.1) is 0 Å². The number of nitrogens with zero attached hydrogens (tertiary/aromatic N) is 3. The Kier molecular flexibility index (Phi) is 4.01. The molecule has 0 spiro atoms. The van der Waals surface area contributed by atoms with Gasteiger partial charge in [0.1, 0.15) is 5.54 Å². The van der Waals surface area contributed by atoms with Crippen LogP contribution >= 0.6 is 0 Å². The molecule has 1 aromatic carbocycles. The van der Waals surface area contributed by atoms with Gasteiger partial charge in [0, 0.05) is 31.4 Å². The minimum absolute atomic E-state index is 0.443. The highest BCUT2D eigenvalue weighted by Crippen LogP contribution is 2.45. The van der Waals surface area contributed by atoms with Gasteiger partial charge in [-0.1, -0.05) is 31.0 Å². The Balaban J connectivity index is 2.06. The van der Waals surface area contributed by atoms with Crippen LogP contribution in [0.3, 0.4) is 0 Å². The van der Waals surface area contributed by atoms with Crippen molar-refractivity contribution in [3.63, 3.8) is 0 Å². The van der Waals surface area contributed by atoms with Crippen LogP contribution in [0.4, 0.5) is 5.69 Å². The summed E-state index contributed by atoms with van der Waals surface area (Å²) in [4.78, 5) is 42.4. The van der Waals surface area contributed by atoms with Crippen LogP contribution in [0.15, 0.2) is 29.3 Å². The van der Waals surface area contributed by atoms with Crippen molar-refractivity contribution >= 4 is 23.6 Å². The lowest BCUT2D eigenvalue weighted by Gasteiger charge is -2.35. The van der Waals surface area contributed by atoms with Gasteiger partial charge >= 0.3 is 11.8 Å². The molecule has 1 saturated heterocycles. The first kappa shape index (κ1) is 15.4. The Bertz CT molecular complexity index is 688. The fraction of sp³-hybridized carbons (Fsp3) is 0.471. The predicted octanol–water partition coefficient (Wildman–Crippen LogP) is 1.60. The molecule has 2 aliphatic rings. The summed E-state index contributed by atoms with van der Waals surface area (Å²) in [5.74, 6) is -1.04. The topological polar surface area (TPSA) is 70.0 Å². The van der Waals surface area contributed by atoms with Gasteiger partial charge in [0.2, 0.25) is 6.08 Å². The van der Waals surface area contributed by atoms with Crippen molar-refractivity contribution in [2.75, 3.05) is 25.0 Å². The number of hydrogen-bond acceptors (Lipinski definition) is 4. The molecule has 120 valence electrons. The van der Waals surface area contributed by atoms with Gasteiger partial charge in [0.15, 0.2) is 0 Å².